The van der Waals surface area contributed by atoms with Crippen LogP contribution in [0, 0.1) is 0 Å². The van der Waals surface area contributed by atoms with Crippen molar-refractivity contribution in [2.45, 2.75) is 18.2 Å². The summed E-state index contributed by atoms with van der Waals surface area (Å²) in [6.07, 6.45) is 7.17. The Morgan fingerprint density at radius 2 is 2.03 bits per heavy atom. The normalized spacial score (nSPS) is 13.8. The van der Waals surface area contributed by atoms with E-state index in [-0.39, 0.29) is 12.3 Å². The molecular weight excluding hydrogens is 384 g/mol. The molecule has 3 aromatic rings. The molecule has 4 rings (SSSR count). The molecular formula is C22H18N4O2S. The summed E-state index contributed by atoms with van der Waals surface area (Å²) in [6, 6.07) is 15.5. The number of benzene rings is 1. The second-order valence-corrected chi connectivity index (χ2v) is 7.35. The molecule has 2 aromatic heterocycles. The molecule has 0 fully saturated rings. The molecule has 0 bridgehead atoms. The molecule has 0 spiro atoms. The summed E-state index contributed by atoms with van der Waals surface area (Å²) in [5.74, 6) is 0.242. The third-order valence-corrected chi connectivity index (χ3v) is 5.41. The summed E-state index contributed by atoms with van der Waals surface area (Å²) < 4.78 is 4.71. The maximum absolute atomic E-state index is 12.0. The first-order valence-corrected chi connectivity index (χ1v) is 9.87. The first-order valence-electron chi connectivity index (χ1n) is 9.06. The highest BCUT2D eigenvalue weighted by molar-refractivity contribution is 8.03. The Balaban J connectivity index is 1.59. The van der Waals surface area contributed by atoms with Gasteiger partial charge in [-0.1, -0.05) is 47.3 Å². The Kier molecular flexibility index (Phi) is 5.67. The molecule has 3 heterocycles. The molecule has 7 heteroatoms. The number of anilines is 1. The fourth-order valence-corrected chi connectivity index (χ4v) is 3.84. The SMILES string of the molecule is CC1=C(/C=C\CC(=O)Nc2ccon2)Sc2ccccc2C(c2ccccn2)=N1. The number of aromatic nitrogens is 2. The highest BCUT2D eigenvalue weighted by Crippen LogP contribution is 2.37. The van der Waals surface area contributed by atoms with Crippen LogP contribution < -0.4 is 5.32 Å². The minimum absolute atomic E-state index is 0.162. The van der Waals surface area contributed by atoms with Gasteiger partial charge in [0.25, 0.3) is 0 Å². The van der Waals surface area contributed by atoms with Crippen molar-refractivity contribution >= 4 is 29.2 Å². The van der Waals surface area contributed by atoms with Crippen molar-refractivity contribution in [3.8, 4) is 0 Å². The van der Waals surface area contributed by atoms with Crippen LogP contribution in [0.5, 0.6) is 0 Å². The fraction of sp³-hybridized carbons (Fsp3) is 0.0909. The number of amides is 1. The summed E-state index contributed by atoms with van der Waals surface area (Å²) in [5, 5.41) is 6.35. The number of carbonyl (C=O) groups is 1. The first-order chi connectivity index (χ1) is 14.2. The van der Waals surface area contributed by atoms with Crippen LogP contribution in [0.15, 0.2) is 98.2 Å². The molecule has 0 atom stereocenters. The van der Waals surface area contributed by atoms with Gasteiger partial charge in [0.15, 0.2) is 5.82 Å². The Morgan fingerprint density at radius 3 is 2.83 bits per heavy atom. The van der Waals surface area contributed by atoms with Crippen molar-refractivity contribution in [3.63, 3.8) is 0 Å². The van der Waals surface area contributed by atoms with E-state index in [1.165, 1.54) is 6.26 Å². The van der Waals surface area contributed by atoms with Gasteiger partial charge in [0.2, 0.25) is 5.91 Å². The van der Waals surface area contributed by atoms with Crippen LogP contribution in [-0.2, 0) is 4.79 Å². The Labute approximate surface area is 172 Å². The fourth-order valence-electron chi connectivity index (χ4n) is 2.82. The zero-order valence-corrected chi connectivity index (χ0v) is 16.5. The van der Waals surface area contributed by atoms with Crippen LogP contribution in [0.25, 0.3) is 0 Å². The van der Waals surface area contributed by atoms with E-state index in [4.69, 9.17) is 9.52 Å². The van der Waals surface area contributed by atoms with Crippen molar-refractivity contribution in [2.24, 2.45) is 4.99 Å². The number of hydrogen-bond donors (Lipinski definition) is 1. The lowest BCUT2D eigenvalue weighted by molar-refractivity contribution is -0.115. The summed E-state index contributed by atoms with van der Waals surface area (Å²) in [7, 11) is 0. The number of carbonyl (C=O) groups excluding carboxylic acids is 1. The van der Waals surface area contributed by atoms with Crippen LogP contribution in [0.2, 0.25) is 0 Å². The van der Waals surface area contributed by atoms with Gasteiger partial charge < -0.3 is 9.84 Å². The summed E-state index contributed by atoms with van der Waals surface area (Å²) >= 11 is 1.63. The monoisotopic (exact) mass is 402 g/mol. The van der Waals surface area contributed by atoms with Crippen LogP contribution in [0.3, 0.4) is 0 Å². The van der Waals surface area contributed by atoms with E-state index in [2.05, 4.69) is 27.6 Å². The quantitative estimate of drug-likeness (QED) is 0.661. The van der Waals surface area contributed by atoms with Gasteiger partial charge in [-0.15, -0.1) is 0 Å². The van der Waals surface area contributed by atoms with E-state index in [9.17, 15) is 4.79 Å². The number of hydrogen-bond acceptors (Lipinski definition) is 6. The predicted octanol–water partition coefficient (Wildman–Crippen LogP) is 4.83. The number of allylic oxidation sites excluding steroid dienone is 2. The van der Waals surface area contributed by atoms with E-state index < -0.39 is 0 Å². The molecule has 0 saturated heterocycles. The number of pyridine rings is 1. The van der Waals surface area contributed by atoms with E-state index in [1.807, 2.05) is 49.4 Å². The van der Waals surface area contributed by atoms with Gasteiger partial charge in [0.05, 0.1) is 17.1 Å². The van der Waals surface area contributed by atoms with Crippen molar-refractivity contribution in [1.82, 2.24) is 10.1 Å². The van der Waals surface area contributed by atoms with Crippen LogP contribution in [0.1, 0.15) is 24.6 Å². The summed E-state index contributed by atoms with van der Waals surface area (Å²) in [6.45, 7) is 1.97. The molecule has 0 aliphatic carbocycles. The largest absolute Gasteiger partial charge is 0.363 e. The predicted molar refractivity (Wildman–Crippen MR) is 114 cm³/mol. The van der Waals surface area contributed by atoms with Crippen molar-refractivity contribution < 1.29 is 9.32 Å². The van der Waals surface area contributed by atoms with Gasteiger partial charge in [-0.3, -0.25) is 9.78 Å². The highest BCUT2D eigenvalue weighted by atomic mass is 32.2. The van der Waals surface area contributed by atoms with Gasteiger partial charge in [-0.25, -0.2) is 4.99 Å². The molecule has 29 heavy (non-hydrogen) atoms. The highest BCUT2D eigenvalue weighted by Gasteiger charge is 2.18. The van der Waals surface area contributed by atoms with E-state index >= 15 is 0 Å². The number of thioether (sulfide) groups is 1. The second-order valence-electron chi connectivity index (χ2n) is 6.26. The minimum atomic E-state index is -0.162. The Morgan fingerprint density at radius 1 is 1.17 bits per heavy atom. The second kappa shape index (κ2) is 8.70. The topological polar surface area (TPSA) is 80.4 Å². The van der Waals surface area contributed by atoms with Crippen LogP contribution in [-0.4, -0.2) is 21.8 Å². The van der Waals surface area contributed by atoms with Crippen LogP contribution >= 0.6 is 11.8 Å². The molecule has 1 aromatic carbocycles. The standard InChI is InChI=1S/C22H18N4O2S/c1-15-18(10-6-11-21(27)25-20-12-14-28-26-20)29-19-9-3-2-7-16(19)22(24-15)17-8-4-5-13-23-17/h2-10,12-14H,11H2,1H3,(H,25,26,27)/b10-6-. The van der Waals surface area contributed by atoms with Crippen molar-refractivity contribution in [1.29, 1.82) is 0 Å². The van der Waals surface area contributed by atoms with Gasteiger partial charge in [-0.05, 0) is 31.2 Å². The zero-order chi connectivity index (χ0) is 20.1. The minimum Gasteiger partial charge on any atom is -0.363 e. The lowest BCUT2D eigenvalue weighted by Gasteiger charge is -2.08. The van der Waals surface area contributed by atoms with Gasteiger partial charge in [0, 0.05) is 34.0 Å². The van der Waals surface area contributed by atoms with E-state index in [0.29, 0.717) is 5.82 Å². The van der Waals surface area contributed by atoms with E-state index in [1.54, 1.807) is 24.0 Å². The first kappa shape index (κ1) is 18.9. The van der Waals surface area contributed by atoms with Gasteiger partial charge in [0.1, 0.15) is 6.26 Å². The molecule has 1 N–H and O–H groups in total. The van der Waals surface area contributed by atoms with Crippen molar-refractivity contribution in [2.75, 3.05) is 5.32 Å². The molecule has 1 aliphatic rings. The van der Waals surface area contributed by atoms with Gasteiger partial charge >= 0.3 is 0 Å². The molecule has 0 saturated carbocycles. The maximum atomic E-state index is 12.0. The maximum Gasteiger partial charge on any atom is 0.229 e. The molecule has 144 valence electrons. The number of nitrogens with one attached hydrogen (secondary N) is 1. The third-order valence-electron chi connectivity index (χ3n) is 4.18. The Bertz CT molecular complexity index is 1100. The molecule has 1 amide bonds. The number of rotatable bonds is 5. The average Bonchev–Trinajstić information content (AvgIpc) is 3.20. The lowest BCUT2D eigenvalue weighted by atomic mass is 10.1. The van der Waals surface area contributed by atoms with E-state index in [0.717, 1.165) is 32.5 Å². The lowest BCUT2D eigenvalue weighted by Crippen LogP contribution is -2.09. The summed E-state index contributed by atoms with van der Waals surface area (Å²) in [5.41, 5.74) is 3.60. The third kappa shape index (κ3) is 4.52. The number of nitrogens with zero attached hydrogens (tertiary/aromatic N) is 3. The molecule has 0 unspecified atom stereocenters. The van der Waals surface area contributed by atoms with Crippen molar-refractivity contribution in [3.05, 3.63) is 95.0 Å². The Hall–Kier alpha value is -3.45. The average molecular weight is 402 g/mol. The summed E-state index contributed by atoms with van der Waals surface area (Å²) in [4.78, 5) is 23.5. The number of fused-ring (bicyclic) bond motifs is 1. The van der Waals surface area contributed by atoms with Gasteiger partial charge in [-0.2, -0.15) is 0 Å². The number of aliphatic imine (C=N–C) groups is 1. The van der Waals surface area contributed by atoms with Crippen LogP contribution in [0.4, 0.5) is 5.82 Å². The molecule has 1 aliphatic heterocycles. The molecule has 6 nitrogen and oxygen atoms in total. The molecule has 0 radical (unpaired) electrons. The smallest absolute Gasteiger partial charge is 0.229 e. The zero-order valence-electron chi connectivity index (χ0n) is 15.7.